The Morgan fingerprint density at radius 3 is 2.25 bits per heavy atom. The Balaban J connectivity index is 2.72. The lowest BCUT2D eigenvalue weighted by Crippen LogP contribution is -2.35. The molecule has 0 spiro atoms. The molecule has 0 saturated heterocycles. The number of aliphatic carboxylic acids is 1. The summed E-state index contributed by atoms with van der Waals surface area (Å²) in [6.45, 7) is 6.20. The predicted octanol–water partition coefficient (Wildman–Crippen LogP) is 3.00. The highest BCUT2D eigenvalue weighted by Crippen LogP contribution is 2.20. The van der Waals surface area contributed by atoms with Crippen molar-refractivity contribution in [1.82, 2.24) is 5.32 Å². The van der Waals surface area contributed by atoms with E-state index in [1.165, 1.54) is 0 Å². The van der Waals surface area contributed by atoms with Crippen LogP contribution < -0.4 is 5.32 Å². The smallest absolute Gasteiger partial charge is 0.330 e. The predicted molar refractivity (Wildman–Crippen MR) is 78.2 cm³/mol. The van der Waals surface area contributed by atoms with E-state index in [1.54, 1.807) is 24.3 Å². The molecule has 1 unspecified atom stereocenters. The van der Waals surface area contributed by atoms with Crippen molar-refractivity contribution in [1.29, 1.82) is 0 Å². The van der Waals surface area contributed by atoms with Gasteiger partial charge in [0.05, 0.1) is 0 Å². The van der Waals surface area contributed by atoms with E-state index in [2.05, 4.69) is 19.2 Å². The number of amides is 1. The molecule has 0 saturated carbocycles. The van der Waals surface area contributed by atoms with E-state index in [4.69, 9.17) is 0 Å². The second kappa shape index (κ2) is 7.68. The van der Waals surface area contributed by atoms with Crippen LogP contribution in [0.15, 0.2) is 30.3 Å². The maximum atomic E-state index is 12.0. The standard InChI is InChI=1S/C16H23NO3/c1-4-12(11(2)3)10-14(18)17-15(16(19)20)13-8-6-5-7-9-13/h5-9,11-12,15H,4,10H2,1-3H3,(H,17,18)(H,19,20)/t12?,15-/m0/s1. The number of carbonyl (C=O) groups excluding carboxylic acids is 1. The first-order valence-electron chi connectivity index (χ1n) is 7.02. The average molecular weight is 277 g/mol. The van der Waals surface area contributed by atoms with Crippen molar-refractivity contribution in [2.45, 2.75) is 39.7 Å². The van der Waals surface area contributed by atoms with Crippen LogP contribution in [0.1, 0.15) is 45.2 Å². The molecule has 0 radical (unpaired) electrons. The first-order valence-corrected chi connectivity index (χ1v) is 7.02. The van der Waals surface area contributed by atoms with Crippen molar-refractivity contribution in [2.24, 2.45) is 11.8 Å². The van der Waals surface area contributed by atoms with Crippen molar-refractivity contribution >= 4 is 11.9 Å². The molecule has 0 aliphatic carbocycles. The van der Waals surface area contributed by atoms with E-state index in [-0.39, 0.29) is 11.8 Å². The van der Waals surface area contributed by atoms with Crippen molar-refractivity contribution < 1.29 is 14.7 Å². The molecule has 1 amide bonds. The van der Waals surface area contributed by atoms with Gasteiger partial charge in [-0.1, -0.05) is 57.5 Å². The lowest BCUT2D eigenvalue weighted by atomic mass is 9.90. The Morgan fingerprint density at radius 1 is 1.20 bits per heavy atom. The zero-order valence-corrected chi connectivity index (χ0v) is 12.3. The zero-order valence-electron chi connectivity index (χ0n) is 12.3. The second-order valence-electron chi connectivity index (χ2n) is 5.37. The molecule has 110 valence electrons. The second-order valence-corrected chi connectivity index (χ2v) is 5.37. The molecule has 4 nitrogen and oxygen atoms in total. The molecule has 4 heteroatoms. The maximum Gasteiger partial charge on any atom is 0.330 e. The molecule has 1 aromatic rings. The molecule has 20 heavy (non-hydrogen) atoms. The third-order valence-electron chi connectivity index (χ3n) is 3.60. The molecule has 2 atom stereocenters. The lowest BCUT2D eigenvalue weighted by Gasteiger charge is -2.20. The van der Waals surface area contributed by atoms with Gasteiger partial charge < -0.3 is 10.4 Å². The molecule has 0 fully saturated rings. The minimum Gasteiger partial charge on any atom is -0.479 e. The Bertz CT molecular complexity index is 442. The van der Waals surface area contributed by atoms with Crippen LogP contribution in [0, 0.1) is 11.8 Å². The van der Waals surface area contributed by atoms with Crippen LogP contribution >= 0.6 is 0 Å². The molecule has 0 heterocycles. The van der Waals surface area contributed by atoms with Gasteiger partial charge in [0.2, 0.25) is 5.91 Å². The summed E-state index contributed by atoms with van der Waals surface area (Å²) >= 11 is 0. The van der Waals surface area contributed by atoms with Crippen molar-refractivity contribution in [2.75, 3.05) is 0 Å². The molecule has 0 aliphatic heterocycles. The molecule has 0 aliphatic rings. The fraction of sp³-hybridized carbons (Fsp3) is 0.500. The van der Waals surface area contributed by atoms with Gasteiger partial charge in [0.15, 0.2) is 6.04 Å². The van der Waals surface area contributed by atoms with Gasteiger partial charge >= 0.3 is 5.97 Å². The fourth-order valence-electron chi connectivity index (χ4n) is 2.24. The highest BCUT2D eigenvalue weighted by atomic mass is 16.4. The van der Waals surface area contributed by atoms with Crippen molar-refractivity contribution in [3.05, 3.63) is 35.9 Å². The van der Waals surface area contributed by atoms with Crippen LogP contribution in [0.25, 0.3) is 0 Å². The summed E-state index contributed by atoms with van der Waals surface area (Å²) in [7, 11) is 0. The summed E-state index contributed by atoms with van der Waals surface area (Å²) in [5.41, 5.74) is 0.589. The summed E-state index contributed by atoms with van der Waals surface area (Å²) < 4.78 is 0. The summed E-state index contributed by atoms with van der Waals surface area (Å²) in [6, 6.07) is 7.78. The molecule has 0 bridgehead atoms. The summed E-state index contributed by atoms with van der Waals surface area (Å²) in [5, 5.41) is 11.9. The molecular weight excluding hydrogens is 254 g/mol. The number of carboxylic acids is 1. The maximum absolute atomic E-state index is 12.0. The van der Waals surface area contributed by atoms with E-state index in [0.29, 0.717) is 17.9 Å². The van der Waals surface area contributed by atoms with Gasteiger partial charge in [0.25, 0.3) is 0 Å². The van der Waals surface area contributed by atoms with Gasteiger partial charge in [-0.05, 0) is 17.4 Å². The van der Waals surface area contributed by atoms with Crippen LogP contribution in [0.5, 0.6) is 0 Å². The number of carbonyl (C=O) groups is 2. The summed E-state index contributed by atoms with van der Waals surface area (Å²) in [6.07, 6.45) is 1.28. The minimum atomic E-state index is -1.04. The number of hydrogen-bond acceptors (Lipinski definition) is 2. The molecule has 2 N–H and O–H groups in total. The lowest BCUT2D eigenvalue weighted by molar-refractivity contribution is -0.142. The van der Waals surface area contributed by atoms with Gasteiger partial charge in [-0.15, -0.1) is 0 Å². The quantitative estimate of drug-likeness (QED) is 0.805. The van der Waals surface area contributed by atoms with Crippen LogP contribution in [-0.2, 0) is 9.59 Å². The number of benzene rings is 1. The number of nitrogens with one attached hydrogen (secondary N) is 1. The van der Waals surface area contributed by atoms with Crippen LogP contribution in [-0.4, -0.2) is 17.0 Å². The number of hydrogen-bond donors (Lipinski definition) is 2. The topological polar surface area (TPSA) is 66.4 Å². The van der Waals surface area contributed by atoms with Crippen LogP contribution in [0.4, 0.5) is 0 Å². The third-order valence-corrected chi connectivity index (χ3v) is 3.60. The van der Waals surface area contributed by atoms with E-state index in [0.717, 1.165) is 6.42 Å². The molecule has 1 aromatic carbocycles. The van der Waals surface area contributed by atoms with Gasteiger partial charge in [-0.25, -0.2) is 4.79 Å². The summed E-state index contributed by atoms with van der Waals surface area (Å²) in [4.78, 5) is 23.3. The normalized spacial score (nSPS) is 13.8. The van der Waals surface area contributed by atoms with Crippen LogP contribution in [0.3, 0.4) is 0 Å². The first-order chi connectivity index (χ1) is 9.45. The number of rotatable bonds is 7. The van der Waals surface area contributed by atoms with Gasteiger partial charge in [0, 0.05) is 6.42 Å². The van der Waals surface area contributed by atoms with E-state index in [9.17, 15) is 14.7 Å². The third kappa shape index (κ3) is 4.68. The zero-order chi connectivity index (χ0) is 15.1. The Hall–Kier alpha value is -1.84. The highest BCUT2D eigenvalue weighted by molar-refractivity contribution is 5.84. The van der Waals surface area contributed by atoms with Crippen molar-refractivity contribution in [3.8, 4) is 0 Å². The molecule has 0 aromatic heterocycles. The van der Waals surface area contributed by atoms with E-state index >= 15 is 0 Å². The Morgan fingerprint density at radius 2 is 1.80 bits per heavy atom. The van der Waals surface area contributed by atoms with Gasteiger partial charge in [-0.3, -0.25) is 4.79 Å². The van der Waals surface area contributed by atoms with E-state index in [1.807, 2.05) is 13.0 Å². The number of carboxylic acid groups (broad SMARTS) is 1. The molecular formula is C16H23NO3. The monoisotopic (exact) mass is 277 g/mol. The largest absolute Gasteiger partial charge is 0.479 e. The van der Waals surface area contributed by atoms with Gasteiger partial charge in [-0.2, -0.15) is 0 Å². The first kappa shape index (κ1) is 16.2. The summed E-state index contributed by atoms with van der Waals surface area (Å²) in [5.74, 6) is -0.560. The fourth-order valence-corrected chi connectivity index (χ4v) is 2.24. The van der Waals surface area contributed by atoms with E-state index < -0.39 is 12.0 Å². The Kier molecular flexibility index (Phi) is 6.22. The molecule has 1 rings (SSSR count). The van der Waals surface area contributed by atoms with Crippen LogP contribution in [0.2, 0.25) is 0 Å². The average Bonchev–Trinajstić information content (AvgIpc) is 2.42. The van der Waals surface area contributed by atoms with Crippen molar-refractivity contribution in [3.63, 3.8) is 0 Å². The SMILES string of the molecule is CCC(CC(=O)N[C@H](C(=O)O)c1ccccc1)C(C)C. The minimum absolute atomic E-state index is 0.207. The van der Waals surface area contributed by atoms with Gasteiger partial charge in [0.1, 0.15) is 0 Å². The highest BCUT2D eigenvalue weighted by Gasteiger charge is 2.23. The Labute approximate surface area is 120 Å².